The first kappa shape index (κ1) is 20.5. The zero-order valence-electron chi connectivity index (χ0n) is 16.5. The van der Waals surface area contributed by atoms with E-state index in [0.29, 0.717) is 23.3 Å². The van der Waals surface area contributed by atoms with Gasteiger partial charge in [0, 0.05) is 12.2 Å². The van der Waals surface area contributed by atoms with Gasteiger partial charge in [0.25, 0.3) is 0 Å². The summed E-state index contributed by atoms with van der Waals surface area (Å²) >= 11 is 1.20. The Morgan fingerprint density at radius 3 is 2.72 bits per heavy atom. The number of nitrogen functional groups attached to an aromatic ring is 1. The van der Waals surface area contributed by atoms with Crippen LogP contribution in [0.15, 0.2) is 40.1 Å². The summed E-state index contributed by atoms with van der Waals surface area (Å²) in [5.74, 6) is 7.27. The average molecular weight is 411 g/mol. The van der Waals surface area contributed by atoms with E-state index in [1.165, 1.54) is 16.4 Å². The van der Waals surface area contributed by atoms with E-state index in [2.05, 4.69) is 16.3 Å². The molecule has 2 N–H and O–H groups in total. The van der Waals surface area contributed by atoms with Crippen LogP contribution >= 0.6 is 11.8 Å². The number of nitrogens with two attached hydrogens (primary N) is 1. The predicted molar refractivity (Wildman–Crippen MR) is 112 cm³/mol. The van der Waals surface area contributed by atoms with E-state index < -0.39 is 0 Å². The van der Waals surface area contributed by atoms with Gasteiger partial charge in [-0.15, -0.1) is 10.2 Å². The normalized spacial score (nSPS) is 10.7. The van der Waals surface area contributed by atoms with Gasteiger partial charge in [-0.05, 0) is 50.1 Å². The molecular weight excluding hydrogens is 388 g/mol. The Morgan fingerprint density at radius 2 is 2.07 bits per heavy atom. The van der Waals surface area contributed by atoms with Gasteiger partial charge in [0.1, 0.15) is 5.76 Å². The molecule has 0 saturated carbocycles. The van der Waals surface area contributed by atoms with E-state index in [0.717, 1.165) is 22.4 Å². The third-order valence-corrected chi connectivity index (χ3v) is 5.57. The topological polar surface area (TPSA) is 114 Å². The van der Waals surface area contributed by atoms with Crippen LogP contribution < -0.4 is 10.7 Å². The number of anilines is 1. The minimum absolute atomic E-state index is 0.123. The number of amides is 1. The molecule has 150 valence electrons. The number of aryl methyl sites for hydroxylation is 3. The van der Waals surface area contributed by atoms with Crippen LogP contribution in [0.1, 0.15) is 23.3 Å². The molecule has 1 amide bonds. The van der Waals surface area contributed by atoms with Gasteiger partial charge in [0.05, 0.1) is 30.1 Å². The molecule has 0 bridgehead atoms. The number of thioether (sulfide) groups is 1. The van der Waals surface area contributed by atoms with Gasteiger partial charge >= 0.3 is 0 Å². The number of carbonyl (C=O) groups is 1. The summed E-state index contributed by atoms with van der Waals surface area (Å²) < 4.78 is 6.64. The lowest BCUT2D eigenvalue weighted by Gasteiger charge is -2.22. The van der Waals surface area contributed by atoms with Crippen LogP contribution in [0.5, 0.6) is 0 Å². The van der Waals surface area contributed by atoms with Gasteiger partial charge in [-0.2, -0.15) is 5.26 Å². The Kier molecular flexibility index (Phi) is 6.24. The molecule has 0 atom stereocenters. The van der Waals surface area contributed by atoms with E-state index in [-0.39, 0.29) is 18.1 Å². The summed E-state index contributed by atoms with van der Waals surface area (Å²) in [7, 11) is 0. The van der Waals surface area contributed by atoms with Crippen molar-refractivity contribution in [1.29, 1.82) is 5.26 Å². The highest BCUT2D eigenvalue weighted by Crippen LogP contribution is 2.26. The van der Waals surface area contributed by atoms with E-state index in [9.17, 15) is 4.79 Å². The molecule has 1 aromatic carbocycles. The molecule has 29 heavy (non-hydrogen) atoms. The molecule has 0 aliphatic carbocycles. The number of furan rings is 1. The summed E-state index contributed by atoms with van der Waals surface area (Å²) in [5.41, 5.74) is 3.77. The third kappa shape index (κ3) is 4.43. The second kappa shape index (κ2) is 8.84. The maximum atomic E-state index is 12.9. The molecule has 9 heteroatoms. The highest BCUT2D eigenvalue weighted by Gasteiger charge is 2.20. The lowest BCUT2D eigenvalue weighted by Crippen LogP contribution is -2.33. The first-order valence-corrected chi connectivity index (χ1v) is 10.0. The second-order valence-electron chi connectivity index (χ2n) is 6.58. The first-order chi connectivity index (χ1) is 13.9. The van der Waals surface area contributed by atoms with Gasteiger partial charge in [0.2, 0.25) is 11.1 Å². The molecular formula is C20H22N6O2S. The van der Waals surface area contributed by atoms with Crippen molar-refractivity contribution in [2.24, 2.45) is 0 Å². The average Bonchev–Trinajstić information content (AvgIpc) is 3.28. The molecule has 2 heterocycles. The quantitative estimate of drug-likeness (QED) is 0.470. The molecule has 0 saturated heterocycles. The Labute approximate surface area is 173 Å². The van der Waals surface area contributed by atoms with Gasteiger partial charge < -0.3 is 15.2 Å². The number of hydrogen-bond acceptors (Lipinski definition) is 7. The molecule has 0 spiro atoms. The van der Waals surface area contributed by atoms with Crippen LogP contribution in [-0.2, 0) is 4.79 Å². The van der Waals surface area contributed by atoms with E-state index in [1.807, 2.05) is 39.0 Å². The minimum atomic E-state index is -0.127. The summed E-state index contributed by atoms with van der Waals surface area (Å²) in [5, 5.41) is 17.6. The van der Waals surface area contributed by atoms with E-state index in [1.54, 1.807) is 17.2 Å². The second-order valence-corrected chi connectivity index (χ2v) is 7.52. The largest absolute Gasteiger partial charge is 0.469 e. The van der Waals surface area contributed by atoms with Gasteiger partial charge in [-0.25, -0.2) is 4.68 Å². The lowest BCUT2D eigenvalue weighted by atomic mass is 10.1. The van der Waals surface area contributed by atoms with Gasteiger partial charge in [0.15, 0.2) is 5.82 Å². The maximum absolute atomic E-state index is 12.9. The number of aromatic nitrogens is 3. The predicted octanol–water partition coefficient (Wildman–Crippen LogP) is 3.22. The Balaban J connectivity index is 1.75. The smallest absolute Gasteiger partial charge is 0.237 e. The molecule has 3 aromatic rings. The van der Waals surface area contributed by atoms with Crippen LogP contribution in [-0.4, -0.2) is 33.1 Å². The van der Waals surface area contributed by atoms with Crippen molar-refractivity contribution in [2.45, 2.75) is 32.3 Å². The molecule has 0 fully saturated rings. The summed E-state index contributed by atoms with van der Waals surface area (Å²) in [6.45, 7) is 6.16. The third-order valence-electron chi connectivity index (χ3n) is 4.64. The standard InChI is InChI=1S/C20H22N6O2S/c1-13-5-6-16(11-14(13)2)25(9-4-8-21)18(27)12-29-20-24-23-19(26(20)22)17-7-10-28-15(17)3/h5-7,10-11H,4,9,12,22H2,1-3H3. The van der Waals surface area contributed by atoms with Crippen molar-refractivity contribution in [2.75, 3.05) is 23.0 Å². The zero-order valence-corrected chi connectivity index (χ0v) is 17.4. The molecule has 3 rings (SSSR count). The summed E-state index contributed by atoms with van der Waals surface area (Å²) in [6, 6.07) is 9.70. The minimum Gasteiger partial charge on any atom is -0.469 e. The molecule has 0 aliphatic rings. The maximum Gasteiger partial charge on any atom is 0.237 e. The number of benzene rings is 1. The molecule has 0 unspecified atom stereocenters. The van der Waals surface area contributed by atoms with Crippen molar-refractivity contribution in [1.82, 2.24) is 14.9 Å². The van der Waals surface area contributed by atoms with Gasteiger partial charge in [-0.3, -0.25) is 4.79 Å². The SMILES string of the molecule is Cc1ccc(N(CCC#N)C(=O)CSc2nnc(-c3ccoc3C)n2N)cc1C. The van der Waals surface area contributed by atoms with E-state index >= 15 is 0 Å². The zero-order chi connectivity index (χ0) is 21.0. The van der Waals surface area contributed by atoms with Crippen molar-refractivity contribution in [3.8, 4) is 17.5 Å². The summed E-state index contributed by atoms with van der Waals surface area (Å²) in [4.78, 5) is 14.5. The lowest BCUT2D eigenvalue weighted by molar-refractivity contribution is -0.116. The van der Waals surface area contributed by atoms with Gasteiger partial charge in [-0.1, -0.05) is 17.8 Å². The number of nitriles is 1. The number of rotatable bonds is 7. The van der Waals surface area contributed by atoms with Crippen LogP contribution in [0.3, 0.4) is 0 Å². The van der Waals surface area contributed by atoms with Crippen LogP contribution in [0.2, 0.25) is 0 Å². The number of nitrogens with zero attached hydrogens (tertiary/aromatic N) is 5. The fourth-order valence-corrected chi connectivity index (χ4v) is 3.57. The number of hydrogen-bond donors (Lipinski definition) is 1. The molecule has 8 nitrogen and oxygen atoms in total. The van der Waals surface area contributed by atoms with Crippen molar-refractivity contribution >= 4 is 23.4 Å². The number of carbonyl (C=O) groups excluding carboxylic acids is 1. The molecule has 0 aliphatic heterocycles. The highest BCUT2D eigenvalue weighted by atomic mass is 32.2. The monoisotopic (exact) mass is 410 g/mol. The fraction of sp³-hybridized carbons (Fsp3) is 0.300. The van der Waals surface area contributed by atoms with Crippen LogP contribution in [0.25, 0.3) is 11.4 Å². The fourth-order valence-electron chi connectivity index (χ4n) is 2.83. The van der Waals surface area contributed by atoms with Crippen molar-refractivity contribution < 1.29 is 9.21 Å². The molecule has 0 radical (unpaired) electrons. The van der Waals surface area contributed by atoms with Crippen LogP contribution in [0, 0.1) is 32.1 Å². The molecule has 2 aromatic heterocycles. The van der Waals surface area contributed by atoms with Crippen molar-refractivity contribution in [3.05, 3.63) is 47.4 Å². The Morgan fingerprint density at radius 1 is 1.28 bits per heavy atom. The van der Waals surface area contributed by atoms with Crippen molar-refractivity contribution in [3.63, 3.8) is 0 Å². The Hall–Kier alpha value is -3.25. The summed E-state index contributed by atoms with van der Waals surface area (Å²) in [6.07, 6.45) is 1.81. The first-order valence-electron chi connectivity index (χ1n) is 9.04. The van der Waals surface area contributed by atoms with Crippen LogP contribution in [0.4, 0.5) is 5.69 Å². The highest BCUT2D eigenvalue weighted by molar-refractivity contribution is 7.99. The van der Waals surface area contributed by atoms with E-state index in [4.69, 9.17) is 15.5 Å². The Bertz CT molecular complexity index is 1070.